The summed E-state index contributed by atoms with van der Waals surface area (Å²) in [5.74, 6) is -0.0939. The zero-order chi connectivity index (χ0) is 9.84. The standard InChI is InChI=1S/C9H16FNO2/c1-13-8(12)5-3-6-2-4-7(10)9(6)11/h6-7,9H,2-5,11H2,1H3. The Balaban J connectivity index is 2.26. The first-order valence-electron chi connectivity index (χ1n) is 4.61. The lowest BCUT2D eigenvalue weighted by Gasteiger charge is -2.15. The van der Waals surface area contributed by atoms with Gasteiger partial charge in [-0.25, -0.2) is 4.39 Å². The highest BCUT2D eigenvalue weighted by molar-refractivity contribution is 5.69. The number of halogens is 1. The fraction of sp³-hybridized carbons (Fsp3) is 0.889. The summed E-state index contributed by atoms with van der Waals surface area (Å²) in [4.78, 5) is 10.8. The Kier molecular flexibility index (Phi) is 3.66. The molecule has 1 aliphatic rings. The summed E-state index contributed by atoms with van der Waals surface area (Å²) >= 11 is 0. The van der Waals surface area contributed by atoms with Crippen molar-refractivity contribution in [2.75, 3.05) is 7.11 Å². The van der Waals surface area contributed by atoms with Crippen LogP contribution in [0.4, 0.5) is 4.39 Å². The van der Waals surface area contributed by atoms with Crippen molar-refractivity contribution in [3.63, 3.8) is 0 Å². The largest absolute Gasteiger partial charge is 0.469 e. The summed E-state index contributed by atoms with van der Waals surface area (Å²) in [6, 6.07) is -0.385. The molecule has 3 atom stereocenters. The van der Waals surface area contributed by atoms with E-state index in [4.69, 9.17) is 5.73 Å². The van der Waals surface area contributed by atoms with Crippen LogP contribution in [0.5, 0.6) is 0 Å². The number of alkyl halides is 1. The molecule has 0 bridgehead atoms. The second kappa shape index (κ2) is 4.56. The van der Waals surface area contributed by atoms with Gasteiger partial charge in [-0.3, -0.25) is 4.79 Å². The summed E-state index contributed by atoms with van der Waals surface area (Å²) < 4.78 is 17.4. The predicted octanol–water partition coefficient (Wildman–Crippen LogP) is 1.01. The predicted molar refractivity (Wildman–Crippen MR) is 46.8 cm³/mol. The summed E-state index contributed by atoms with van der Waals surface area (Å²) in [6.07, 6.45) is 1.44. The summed E-state index contributed by atoms with van der Waals surface area (Å²) in [6.45, 7) is 0. The number of nitrogens with two attached hydrogens (primary N) is 1. The Bertz CT molecular complexity index is 186. The molecule has 0 aromatic rings. The number of hydrogen-bond donors (Lipinski definition) is 1. The Hall–Kier alpha value is -0.640. The maximum absolute atomic E-state index is 12.9. The molecule has 2 N–H and O–H groups in total. The van der Waals surface area contributed by atoms with E-state index in [0.717, 1.165) is 6.42 Å². The first-order valence-corrected chi connectivity index (χ1v) is 4.61. The van der Waals surface area contributed by atoms with Crippen molar-refractivity contribution in [3.05, 3.63) is 0 Å². The maximum Gasteiger partial charge on any atom is 0.305 e. The molecule has 0 spiro atoms. The highest BCUT2D eigenvalue weighted by Crippen LogP contribution is 2.30. The third kappa shape index (κ3) is 2.66. The molecular weight excluding hydrogens is 173 g/mol. The fourth-order valence-electron chi connectivity index (χ4n) is 1.80. The molecule has 13 heavy (non-hydrogen) atoms. The van der Waals surface area contributed by atoms with Crippen molar-refractivity contribution in [1.82, 2.24) is 0 Å². The average molecular weight is 189 g/mol. The fourth-order valence-corrected chi connectivity index (χ4v) is 1.80. The molecule has 3 nitrogen and oxygen atoms in total. The second-order valence-corrected chi connectivity index (χ2v) is 3.55. The lowest BCUT2D eigenvalue weighted by atomic mass is 9.98. The van der Waals surface area contributed by atoms with E-state index in [1.165, 1.54) is 7.11 Å². The quantitative estimate of drug-likeness (QED) is 0.674. The van der Waals surface area contributed by atoms with Gasteiger partial charge in [-0.15, -0.1) is 0 Å². The zero-order valence-electron chi connectivity index (χ0n) is 7.83. The number of ether oxygens (including phenoxy) is 1. The second-order valence-electron chi connectivity index (χ2n) is 3.55. The van der Waals surface area contributed by atoms with Crippen LogP contribution in [0.15, 0.2) is 0 Å². The van der Waals surface area contributed by atoms with E-state index in [0.29, 0.717) is 19.3 Å². The van der Waals surface area contributed by atoms with Crippen LogP contribution in [0.1, 0.15) is 25.7 Å². The van der Waals surface area contributed by atoms with E-state index in [1.807, 2.05) is 0 Å². The minimum absolute atomic E-state index is 0.147. The van der Waals surface area contributed by atoms with E-state index in [2.05, 4.69) is 4.74 Å². The van der Waals surface area contributed by atoms with Crippen molar-refractivity contribution in [1.29, 1.82) is 0 Å². The molecule has 4 heteroatoms. The normalized spacial score (nSPS) is 33.3. The third-order valence-corrected chi connectivity index (χ3v) is 2.72. The molecule has 0 saturated heterocycles. The number of esters is 1. The van der Waals surface area contributed by atoms with Crippen LogP contribution in [-0.2, 0) is 9.53 Å². The Labute approximate surface area is 77.4 Å². The van der Waals surface area contributed by atoms with Gasteiger partial charge in [0.2, 0.25) is 0 Å². The van der Waals surface area contributed by atoms with Crippen LogP contribution < -0.4 is 5.73 Å². The third-order valence-electron chi connectivity index (χ3n) is 2.72. The van der Waals surface area contributed by atoms with Crippen LogP contribution in [0.25, 0.3) is 0 Å². The molecule has 1 fully saturated rings. The number of carbonyl (C=O) groups excluding carboxylic acids is 1. The summed E-state index contributed by atoms with van der Waals surface area (Å²) in [5.41, 5.74) is 5.62. The Morgan fingerprint density at radius 1 is 1.62 bits per heavy atom. The molecule has 0 radical (unpaired) electrons. The van der Waals surface area contributed by atoms with Crippen LogP contribution in [0, 0.1) is 5.92 Å². The van der Waals surface area contributed by atoms with Gasteiger partial charge in [-0.1, -0.05) is 0 Å². The Morgan fingerprint density at radius 2 is 2.31 bits per heavy atom. The average Bonchev–Trinajstić information content (AvgIpc) is 2.44. The van der Waals surface area contributed by atoms with Crippen LogP contribution in [0.3, 0.4) is 0 Å². The molecule has 1 saturated carbocycles. The molecule has 0 aliphatic heterocycles. The molecule has 1 rings (SSSR count). The van der Waals surface area contributed by atoms with Crippen molar-refractivity contribution in [2.24, 2.45) is 11.7 Å². The lowest BCUT2D eigenvalue weighted by Crippen LogP contribution is -2.32. The van der Waals surface area contributed by atoms with Crippen LogP contribution >= 0.6 is 0 Å². The minimum atomic E-state index is -0.886. The molecule has 3 unspecified atom stereocenters. The zero-order valence-corrected chi connectivity index (χ0v) is 7.83. The first-order chi connectivity index (χ1) is 6.15. The smallest absolute Gasteiger partial charge is 0.305 e. The molecule has 76 valence electrons. The van der Waals surface area contributed by atoms with Gasteiger partial charge in [0, 0.05) is 12.5 Å². The van der Waals surface area contributed by atoms with E-state index < -0.39 is 6.17 Å². The number of carbonyl (C=O) groups is 1. The topological polar surface area (TPSA) is 52.3 Å². The van der Waals surface area contributed by atoms with Gasteiger partial charge in [0.15, 0.2) is 0 Å². The molecule has 0 heterocycles. The van der Waals surface area contributed by atoms with E-state index >= 15 is 0 Å². The van der Waals surface area contributed by atoms with Gasteiger partial charge in [0.05, 0.1) is 7.11 Å². The van der Waals surface area contributed by atoms with Crippen molar-refractivity contribution < 1.29 is 13.9 Å². The van der Waals surface area contributed by atoms with Gasteiger partial charge in [-0.2, -0.15) is 0 Å². The lowest BCUT2D eigenvalue weighted by molar-refractivity contribution is -0.140. The van der Waals surface area contributed by atoms with Crippen molar-refractivity contribution >= 4 is 5.97 Å². The molecule has 0 amide bonds. The van der Waals surface area contributed by atoms with Gasteiger partial charge in [0.1, 0.15) is 6.17 Å². The van der Waals surface area contributed by atoms with E-state index in [1.54, 1.807) is 0 Å². The van der Waals surface area contributed by atoms with Crippen LogP contribution in [0.2, 0.25) is 0 Å². The van der Waals surface area contributed by atoms with E-state index in [-0.39, 0.29) is 17.9 Å². The highest BCUT2D eigenvalue weighted by atomic mass is 19.1. The minimum Gasteiger partial charge on any atom is -0.469 e. The van der Waals surface area contributed by atoms with Gasteiger partial charge < -0.3 is 10.5 Å². The summed E-state index contributed by atoms with van der Waals surface area (Å²) in [7, 11) is 1.36. The number of methoxy groups -OCH3 is 1. The van der Waals surface area contributed by atoms with Gasteiger partial charge >= 0.3 is 5.97 Å². The van der Waals surface area contributed by atoms with Crippen molar-refractivity contribution in [2.45, 2.75) is 37.9 Å². The first kappa shape index (κ1) is 10.4. The molecule has 1 aliphatic carbocycles. The van der Waals surface area contributed by atoms with E-state index in [9.17, 15) is 9.18 Å². The molecule has 0 aromatic heterocycles. The van der Waals surface area contributed by atoms with Gasteiger partial charge in [0.25, 0.3) is 0 Å². The molecule has 0 aromatic carbocycles. The maximum atomic E-state index is 12.9. The van der Waals surface area contributed by atoms with Crippen LogP contribution in [-0.4, -0.2) is 25.3 Å². The number of rotatable bonds is 3. The SMILES string of the molecule is COC(=O)CCC1CCC(F)C1N. The van der Waals surface area contributed by atoms with Gasteiger partial charge in [-0.05, 0) is 25.2 Å². The number of hydrogen-bond acceptors (Lipinski definition) is 3. The molecular formula is C9H16FNO2. The summed E-state index contributed by atoms with van der Waals surface area (Å²) in [5, 5.41) is 0. The van der Waals surface area contributed by atoms with Crippen molar-refractivity contribution in [3.8, 4) is 0 Å². The monoisotopic (exact) mass is 189 g/mol. The Morgan fingerprint density at radius 3 is 2.77 bits per heavy atom. The highest BCUT2D eigenvalue weighted by Gasteiger charge is 2.33.